The highest BCUT2D eigenvalue weighted by molar-refractivity contribution is 7.90. The minimum Gasteiger partial charge on any atom is -0.353 e. The first-order valence-electron chi connectivity index (χ1n) is 11.0. The standard InChI is InChI=1S/C22H31N7O4S/c1-17(2)25-21(30)16-28-10-12-29(13-11-28)34(32,33)27-20-7-5-19(6-8-20)26-22(31)24-15-18-4-3-9-23-14-18/h3-9,14,17,27H,10-13,15-16H2,1-2H3,(H,25,30)(H2,24,26,31). The highest BCUT2D eigenvalue weighted by atomic mass is 32.2. The lowest BCUT2D eigenvalue weighted by Crippen LogP contribution is -2.52. The van der Waals surface area contributed by atoms with Gasteiger partial charge in [0.2, 0.25) is 5.91 Å². The molecule has 34 heavy (non-hydrogen) atoms. The molecule has 0 aliphatic carbocycles. The SMILES string of the molecule is CC(C)NC(=O)CN1CCN(S(=O)(=O)Nc2ccc(NC(=O)NCc3cccnc3)cc2)CC1. The van der Waals surface area contributed by atoms with Crippen LogP contribution in [0.3, 0.4) is 0 Å². The summed E-state index contributed by atoms with van der Waals surface area (Å²) in [5.74, 6) is -0.0658. The van der Waals surface area contributed by atoms with Gasteiger partial charge in [0.25, 0.3) is 0 Å². The minimum atomic E-state index is -3.73. The number of amides is 3. The lowest BCUT2D eigenvalue weighted by atomic mass is 10.3. The van der Waals surface area contributed by atoms with E-state index < -0.39 is 10.2 Å². The van der Waals surface area contributed by atoms with Gasteiger partial charge < -0.3 is 16.0 Å². The van der Waals surface area contributed by atoms with Gasteiger partial charge in [-0.25, -0.2) is 4.79 Å². The van der Waals surface area contributed by atoms with Gasteiger partial charge in [-0.15, -0.1) is 0 Å². The number of anilines is 2. The molecule has 184 valence electrons. The van der Waals surface area contributed by atoms with Crippen LogP contribution in [-0.2, 0) is 21.5 Å². The van der Waals surface area contributed by atoms with Crippen LogP contribution < -0.4 is 20.7 Å². The van der Waals surface area contributed by atoms with Gasteiger partial charge in [0.15, 0.2) is 0 Å². The number of nitrogens with one attached hydrogen (secondary N) is 4. The van der Waals surface area contributed by atoms with E-state index in [2.05, 4.69) is 25.7 Å². The summed E-state index contributed by atoms with van der Waals surface area (Å²) in [7, 11) is -3.73. The first kappa shape index (κ1) is 25.4. The van der Waals surface area contributed by atoms with Crippen LogP contribution in [0.15, 0.2) is 48.8 Å². The van der Waals surface area contributed by atoms with E-state index in [1.54, 1.807) is 42.7 Å². The number of urea groups is 1. The van der Waals surface area contributed by atoms with Gasteiger partial charge in [-0.05, 0) is 49.7 Å². The van der Waals surface area contributed by atoms with Gasteiger partial charge in [-0.1, -0.05) is 6.07 Å². The molecule has 1 aromatic heterocycles. The monoisotopic (exact) mass is 489 g/mol. The molecule has 11 nitrogen and oxygen atoms in total. The van der Waals surface area contributed by atoms with Crippen LogP contribution in [0.1, 0.15) is 19.4 Å². The molecule has 2 aromatic rings. The van der Waals surface area contributed by atoms with Crippen molar-refractivity contribution < 1.29 is 18.0 Å². The van der Waals surface area contributed by atoms with E-state index in [-0.39, 0.29) is 24.5 Å². The van der Waals surface area contributed by atoms with Crippen LogP contribution in [0.25, 0.3) is 0 Å². The Morgan fingerprint density at radius 2 is 1.71 bits per heavy atom. The van der Waals surface area contributed by atoms with Crippen molar-refractivity contribution in [1.29, 1.82) is 0 Å². The van der Waals surface area contributed by atoms with E-state index in [0.29, 0.717) is 44.1 Å². The summed E-state index contributed by atoms with van der Waals surface area (Å²) in [5.41, 5.74) is 1.79. The molecule has 1 aliphatic rings. The van der Waals surface area contributed by atoms with E-state index in [9.17, 15) is 18.0 Å². The second kappa shape index (κ2) is 11.8. The van der Waals surface area contributed by atoms with Gasteiger partial charge in [0.1, 0.15) is 0 Å². The van der Waals surface area contributed by atoms with E-state index in [1.807, 2.05) is 24.8 Å². The third-order valence-electron chi connectivity index (χ3n) is 5.05. The molecule has 12 heteroatoms. The largest absolute Gasteiger partial charge is 0.353 e. The number of hydrogen-bond donors (Lipinski definition) is 4. The quantitative estimate of drug-likeness (QED) is 0.418. The van der Waals surface area contributed by atoms with E-state index >= 15 is 0 Å². The molecular weight excluding hydrogens is 458 g/mol. The summed E-state index contributed by atoms with van der Waals surface area (Å²) in [6.45, 7) is 5.93. The zero-order valence-corrected chi connectivity index (χ0v) is 20.1. The van der Waals surface area contributed by atoms with Gasteiger partial charge in [-0.3, -0.25) is 19.4 Å². The van der Waals surface area contributed by atoms with E-state index in [4.69, 9.17) is 0 Å². The highest BCUT2D eigenvalue weighted by Crippen LogP contribution is 2.17. The number of carbonyl (C=O) groups excluding carboxylic acids is 2. The Labute approximate surface area is 200 Å². The molecule has 4 N–H and O–H groups in total. The average molecular weight is 490 g/mol. The van der Waals surface area contributed by atoms with Crippen molar-refractivity contribution in [1.82, 2.24) is 24.8 Å². The zero-order valence-electron chi connectivity index (χ0n) is 19.3. The molecule has 1 fully saturated rings. The Morgan fingerprint density at radius 1 is 1.03 bits per heavy atom. The third kappa shape index (κ3) is 7.97. The molecule has 3 amide bonds. The molecule has 0 saturated carbocycles. The first-order chi connectivity index (χ1) is 16.2. The number of pyridine rings is 1. The highest BCUT2D eigenvalue weighted by Gasteiger charge is 2.27. The number of carbonyl (C=O) groups is 2. The number of nitrogens with zero attached hydrogens (tertiary/aromatic N) is 3. The Hall–Kier alpha value is -3.22. The van der Waals surface area contributed by atoms with Crippen LogP contribution in [0.2, 0.25) is 0 Å². The topological polar surface area (TPSA) is 136 Å². The molecule has 1 aromatic carbocycles. The van der Waals surface area contributed by atoms with E-state index in [1.165, 1.54) is 4.31 Å². The predicted octanol–water partition coefficient (Wildman–Crippen LogP) is 1.20. The summed E-state index contributed by atoms with van der Waals surface area (Å²) in [6.07, 6.45) is 3.33. The first-order valence-corrected chi connectivity index (χ1v) is 12.5. The molecular formula is C22H31N7O4S. The molecule has 0 bridgehead atoms. The molecule has 0 radical (unpaired) electrons. The van der Waals surface area contributed by atoms with Gasteiger partial charge in [-0.2, -0.15) is 12.7 Å². The number of benzene rings is 1. The van der Waals surface area contributed by atoms with E-state index in [0.717, 1.165) is 5.56 Å². The summed E-state index contributed by atoms with van der Waals surface area (Å²) in [5, 5.41) is 8.27. The molecule has 2 heterocycles. The average Bonchev–Trinajstić information content (AvgIpc) is 2.79. The maximum Gasteiger partial charge on any atom is 0.319 e. The summed E-state index contributed by atoms with van der Waals surface area (Å²) in [6, 6.07) is 9.75. The van der Waals surface area contributed by atoms with Crippen LogP contribution in [0.4, 0.5) is 16.2 Å². The number of hydrogen-bond acceptors (Lipinski definition) is 6. The third-order valence-corrected chi connectivity index (χ3v) is 6.59. The maximum atomic E-state index is 12.7. The maximum absolute atomic E-state index is 12.7. The van der Waals surface area contributed by atoms with Crippen molar-refractivity contribution >= 4 is 33.5 Å². The Bertz CT molecular complexity index is 1050. The van der Waals surface area contributed by atoms with Crippen LogP contribution in [0.5, 0.6) is 0 Å². The van der Waals surface area contributed by atoms with Crippen molar-refractivity contribution in [2.75, 3.05) is 42.8 Å². The van der Waals surface area contributed by atoms with Crippen LogP contribution in [0, 0.1) is 0 Å². The number of aromatic nitrogens is 1. The van der Waals surface area contributed by atoms with Crippen molar-refractivity contribution in [3.63, 3.8) is 0 Å². The zero-order chi connectivity index (χ0) is 24.6. The lowest BCUT2D eigenvalue weighted by molar-refractivity contribution is -0.123. The second-order valence-electron chi connectivity index (χ2n) is 8.25. The normalized spacial score (nSPS) is 15.0. The number of piperazine rings is 1. The van der Waals surface area contributed by atoms with Crippen molar-refractivity contribution in [2.45, 2.75) is 26.4 Å². The minimum absolute atomic E-state index is 0.0658. The molecule has 0 atom stereocenters. The van der Waals surface area contributed by atoms with Gasteiger partial charge >= 0.3 is 16.2 Å². The Kier molecular flexibility index (Phi) is 8.79. The van der Waals surface area contributed by atoms with Crippen molar-refractivity contribution in [3.8, 4) is 0 Å². The van der Waals surface area contributed by atoms with Gasteiger partial charge in [0, 0.05) is 62.5 Å². The fourth-order valence-corrected chi connectivity index (χ4v) is 4.60. The molecule has 1 aliphatic heterocycles. The molecule has 1 saturated heterocycles. The number of rotatable bonds is 9. The molecule has 3 rings (SSSR count). The lowest BCUT2D eigenvalue weighted by Gasteiger charge is -2.33. The smallest absolute Gasteiger partial charge is 0.319 e. The molecule has 0 spiro atoms. The predicted molar refractivity (Wildman–Crippen MR) is 130 cm³/mol. The van der Waals surface area contributed by atoms with Gasteiger partial charge in [0.05, 0.1) is 6.54 Å². The van der Waals surface area contributed by atoms with Crippen molar-refractivity contribution in [3.05, 3.63) is 54.4 Å². The summed E-state index contributed by atoms with van der Waals surface area (Å²) >= 11 is 0. The van der Waals surface area contributed by atoms with Crippen LogP contribution >= 0.6 is 0 Å². The Balaban J connectivity index is 1.45. The fraction of sp³-hybridized carbons (Fsp3) is 0.409. The summed E-state index contributed by atoms with van der Waals surface area (Å²) in [4.78, 5) is 29.9. The summed E-state index contributed by atoms with van der Waals surface area (Å²) < 4.78 is 29.4. The molecule has 0 unspecified atom stereocenters. The van der Waals surface area contributed by atoms with Crippen LogP contribution in [-0.4, -0.2) is 73.3 Å². The Morgan fingerprint density at radius 3 is 2.32 bits per heavy atom. The van der Waals surface area contributed by atoms with Crippen molar-refractivity contribution in [2.24, 2.45) is 0 Å². The second-order valence-corrected chi connectivity index (χ2v) is 9.92. The fourth-order valence-electron chi connectivity index (χ4n) is 3.39.